The summed E-state index contributed by atoms with van der Waals surface area (Å²) in [7, 11) is 7.16. The number of ether oxygens (including phenoxy) is 2. The molecule has 1 heterocycles. The fraction of sp³-hybridized carbons (Fsp3) is 0.290. The average Bonchev–Trinajstić information content (AvgIpc) is 2.92. The third-order valence-electron chi connectivity index (χ3n) is 7.41. The summed E-state index contributed by atoms with van der Waals surface area (Å²) in [5.74, 6) is 0.970. The smallest absolute Gasteiger partial charge is 0.232 e. The maximum Gasteiger partial charge on any atom is 0.232 e. The number of ketones is 1. The van der Waals surface area contributed by atoms with Crippen LogP contribution in [0.5, 0.6) is 11.5 Å². The van der Waals surface area contributed by atoms with Gasteiger partial charge in [-0.05, 0) is 35.6 Å². The van der Waals surface area contributed by atoms with Gasteiger partial charge in [-0.25, -0.2) is 0 Å². The molecule has 3 aromatic rings. The molecule has 2 atom stereocenters. The van der Waals surface area contributed by atoms with Crippen molar-refractivity contribution in [3.63, 3.8) is 0 Å². The van der Waals surface area contributed by atoms with Crippen LogP contribution in [0.1, 0.15) is 42.2 Å². The van der Waals surface area contributed by atoms with E-state index in [4.69, 9.17) is 9.47 Å². The van der Waals surface area contributed by atoms with Crippen LogP contribution in [-0.4, -0.2) is 40.0 Å². The number of carbonyl (C=O) groups excluding carboxylic acids is 2. The Balaban J connectivity index is 1.65. The molecule has 190 valence electrons. The molecule has 1 aliphatic heterocycles. The largest absolute Gasteiger partial charge is 0.497 e. The van der Waals surface area contributed by atoms with Crippen LogP contribution < -0.4 is 19.3 Å². The van der Waals surface area contributed by atoms with E-state index >= 15 is 0 Å². The quantitative estimate of drug-likeness (QED) is 0.439. The number of allylic oxidation sites excluding steroid dienone is 2. The van der Waals surface area contributed by atoms with E-state index in [9.17, 15) is 9.59 Å². The van der Waals surface area contributed by atoms with E-state index in [1.165, 1.54) is 0 Å². The Morgan fingerprint density at radius 2 is 1.43 bits per heavy atom. The van der Waals surface area contributed by atoms with Crippen LogP contribution >= 0.6 is 0 Å². The molecule has 6 heteroatoms. The van der Waals surface area contributed by atoms with E-state index in [1.807, 2.05) is 73.6 Å². The maximum absolute atomic E-state index is 13.8. The first-order chi connectivity index (χ1) is 17.9. The van der Waals surface area contributed by atoms with Crippen LogP contribution in [0.25, 0.3) is 0 Å². The van der Waals surface area contributed by atoms with Gasteiger partial charge in [0.25, 0.3) is 0 Å². The summed E-state index contributed by atoms with van der Waals surface area (Å²) in [5.41, 5.74) is 5.33. The Hall–Kier alpha value is -4.06. The molecule has 2 aliphatic rings. The molecule has 5 rings (SSSR count). The molecule has 0 spiro atoms. The number of Topliss-reactive ketones (excluding diaryl/α,β-unsaturated/α-hetero) is 1. The fourth-order valence-electron chi connectivity index (χ4n) is 5.51. The van der Waals surface area contributed by atoms with Crippen molar-refractivity contribution in [3.05, 3.63) is 95.2 Å². The maximum atomic E-state index is 13.8. The summed E-state index contributed by atoms with van der Waals surface area (Å²) in [4.78, 5) is 31.5. The lowest BCUT2D eigenvalue weighted by molar-refractivity contribution is -0.120. The minimum atomic E-state index is -0.272. The standard InChI is InChI=1S/C31H32N2O4/c1-32(2)23-12-10-21(11-13-23)27-19-30(35)33(24-16-25(36-3)18-26(17-24)37-4)28-14-22(15-29(34)31(27)28)20-8-6-5-7-9-20/h5-13,16-18,22,27H,14-15,19H2,1-4H3. The van der Waals surface area contributed by atoms with E-state index < -0.39 is 0 Å². The summed E-state index contributed by atoms with van der Waals surface area (Å²) >= 11 is 0. The first-order valence-corrected chi connectivity index (χ1v) is 12.5. The van der Waals surface area contributed by atoms with Crippen LogP contribution in [0, 0.1) is 0 Å². The van der Waals surface area contributed by atoms with Gasteiger partial charge in [-0.15, -0.1) is 0 Å². The fourth-order valence-corrected chi connectivity index (χ4v) is 5.51. The van der Waals surface area contributed by atoms with E-state index in [1.54, 1.807) is 25.2 Å². The molecule has 1 amide bonds. The van der Waals surface area contributed by atoms with Gasteiger partial charge < -0.3 is 14.4 Å². The highest BCUT2D eigenvalue weighted by Crippen LogP contribution is 2.47. The lowest BCUT2D eigenvalue weighted by atomic mass is 9.72. The van der Waals surface area contributed by atoms with Crippen molar-refractivity contribution in [2.45, 2.75) is 31.1 Å². The van der Waals surface area contributed by atoms with Crippen molar-refractivity contribution < 1.29 is 19.1 Å². The summed E-state index contributed by atoms with van der Waals surface area (Å²) in [6.07, 6.45) is 1.25. The molecule has 0 saturated heterocycles. The number of amides is 1. The summed E-state index contributed by atoms with van der Waals surface area (Å²) in [6, 6.07) is 23.7. The van der Waals surface area contributed by atoms with Crippen molar-refractivity contribution in [2.24, 2.45) is 0 Å². The second-order valence-electron chi connectivity index (χ2n) is 9.84. The molecule has 0 radical (unpaired) electrons. The Bertz CT molecular complexity index is 1320. The topological polar surface area (TPSA) is 59.1 Å². The highest BCUT2D eigenvalue weighted by Gasteiger charge is 2.42. The molecule has 2 unspecified atom stereocenters. The number of hydrogen-bond donors (Lipinski definition) is 0. The lowest BCUT2D eigenvalue weighted by Gasteiger charge is -2.40. The highest BCUT2D eigenvalue weighted by molar-refractivity contribution is 6.08. The normalized spacial score (nSPS) is 19.5. The number of benzene rings is 3. The third kappa shape index (κ3) is 4.71. The Labute approximate surface area is 218 Å². The van der Waals surface area contributed by atoms with Gasteiger partial charge >= 0.3 is 0 Å². The average molecular weight is 497 g/mol. The highest BCUT2D eigenvalue weighted by atomic mass is 16.5. The number of rotatable bonds is 6. The zero-order valence-electron chi connectivity index (χ0n) is 21.7. The monoisotopic (exact) mass is 496 g/mol. The van der Waals surface area contributed by atoms with E-state index in [-0.39, 0.29) is 29.9 Å². The van der Waals surface area contributed by atoms with Crippen LogP contribution in [0.2, 0.25) is 0 Å². The second-order valence-corrected chi connectivity index (χ2v) is 9.84. The number of nitrogens with zero attached hydrogens (tertiary/aromatic N) is 2. The summed E-state index contributed by atoms with van der Waals surface area (Å²) < 4.78 is 11.0. The SMILES string of the molecule is COc1cc(OC)cc(N2C(=O)CC(c3ccc(N(C)C)cc3)C3=C2CC(c2ccccc2)CC3=O)c1. The van der Waals surface area contributed by atoms with E-state index in [0.29, 0.717) is 30.0 Å². The molecule has 0 bridgehead atoms. The van der Waals surface area contributed by atoms with Crippen molar-refractivity contribution in [1.82, 2.24) is 0 Å². The molecule has 0 fully saturated rings. The predicted molar refractivity (Wildman–Crippen MR) is 146 cm³/mol. The van der Waals surface area contributed by atoms with Gasteiger partial charge in [-0.1, -0.05) is 42.5 Å². The van der Waals surface area contributed by atoms with Gasteiger partial charge in [0.2, 0.25) is 5.91 Å². The third-order valence-corrected chi connectivity index (χ3v) is 7.41. The molecule has 0 saturated carbocycles. The van der Waals surface area contributed by atoms with Crippen LogP contribution in [-0.2, 0) is 9.59 Å². The van der Waals surface area contributed by atoms with Gasteiger partial charge in [0.15, 0.2) is 5.78 Å². The van der Waals surface area contributed by atoms with Gasteiger partial charge in [0.05, 0.1) is 19.9 Å². The number of anilines is 2. The van der Waals surface area contributed by atoms with E-state index in [0.717, 1.165) is 28.1 Å². The van der Waals surface area contributed by atoms with Crippen molar-refractivity contribution >= 4 is 23.1 Å². The summed E-state index contributed by atoms with van der Waals surface area (Å²) in [5, 5.41) is 0. The van der Waals surface area contributed by atoms with Crippen LogP contribution in [0.4, 0.5) is 11.4 Å². The minimum Gasteiger partial charge on any atom is -0.497 e. The molecule has 3 aromatic carbocycles. The first kappa shape index (κ1) is 24.6. The van der Waals surface area contributed by atoms with Crippen molar-refractivity contribution in [2.75, 3.05) is 38.1 Å². The molecule has 1 aliphatic carbocycles. The number of hydrogen-bond acceptors (Lipinski definition) is 5. The molecule has 0 N–H and O–H groups in total. The molecule has 37 heavy (non-hydrogen) atoms. The van der Waals surface area contributed by atoms with Crippen LogP contribution in [0.15, 0.2) is 84.1 Å². The van der Waals surface area contributed by atoms with E-state index in [2.05, 4.69) is 12.1 Å². The zero-order valence-corrected chi connectivity index (χ0v) is 21.7. The first-order valence-electron chi connectivity index (χ1n) is 12.5. The molecular formula is C31H32N2O4. The lowest BCUT2D eigenvalue weighted by Crippen LogP contribution is -2.41. The van der Waals surface area contributed by atoms with Crippen molar-refractivity contribution in [1.29, 1.82) is 0 Å². The zero-order chi connectivity index (χ0) is 26.1. The Morgan fingerprint density at radius 3 is 2.03 bits per heavy atom. The van der Waals surface area contributed by atoms with Gasteiger partial charge in [0, 0.05) is 68.0 Å². The van der Waals surface area contributed by atoms with Gasteiger partial charge in [-0.3, -0.25) is 14.5 Å². The predicted octanol–water partition coefficient (Wildman–Crippen LogP) is 5.69. The van der Waals surface area contributed by atoms with Crippen molar-refractivity contribution in [3.8, 4) is 11.5 Å². The molecular weight excluding hydrogens is 464 g/mol. The Morgan fingerprint density at radius 1 is 0.784 bits per heavy atom. The number of methoxy groups -OCH3 is 2. The molecule has 0 aromatic heterocycles. The van der Waals surface area contributed by atoms with Gasteiger partial charge in [0.1, 0.15) is 11.5 Å². The van der Waals surface area contributed by atoms with Crippen LogP contribution in [0.3, 0.4) is 0 Å². The second kappa shape index (κ2) is 10.1. The minimum absolute atomic E-state index is 0.00474. The van der Waals surface area contributed by atoms with Gasteiger partial charge in [-0.2, -0.15) is 0 Å². The number of carbonyl (C=O) groups is 2. The molecule has 6 nitrogen and oxygen atoms in total. The summed E-state index contributed by atoms with van der Waals surface area (Å²) in [6.45, 7) is 0. The Kier molecular flexibility index (Phi) is 6.74.